The van der Waals surface area contributed by atoms with Crippen LogP contribution in [0.1, 0.15) is 12.8 Å². The number of hydrogen-bond acceptors (Lipinski definition) is 3. The van der Waals surface area contributed by atoms with E-state index >= 15 is 0 Å². The van der Waals surface area contributed by atoms with E-state index in [1.54, 1.807) is 0 Å². The molecule has 1 saturated heterocycles. The van der Waals surface area contributed by atoms with Crippen LogP contribution in [0.3, 0.4) is 0 Å². The third-order valence-electron chi connectivity index (χ3n) is 2.82. The second kappa shape index (κ2) is 6.81. The van der Waals surface area contributed by atoms with E-state index in [4.69, 9.17) is 0 Å². The first-order valence-electron chi connectivity index (χ1n) is 6.05. The Labute approximate surface area is 102 Å². The lowest BCUT2D eigenvalue weighted by Gasteiger charge is -2.22. The molecule has 1 aliphatic rings. The summed E-state index contributed by atoms with van der Waals surface area (Å²) >= 11 is 2.07. The van der Waals surface area contributed by atoms with E-state index in [9.17, 15) is 0 Å². The summed E-state index contributed by atoms with van der Waals surface area (Å²) in [5.41, 5.74) is 1.21. The van der Waals surface area contributed by atoms with E-state index in [-0.39, 0.29) is 0 Å². The van der Waals surface area contributed by atoms with Gasteiger partial charge in [0.2, 0.25) is 0 Å². The molecule has 0 aromatic heterocycles. The highest BCUT2D eigenvalue weighted by Gasteiger charge is 2.11. The second-order valence-electron chi connectivity index (χ2n) is 4.16. The Hall–Kier alpha value is -0.670. The van der Waals surface area contributed by atoms with Gasteiger partial charge in [0.25, 0.3) is 0 Å². The summed E-state index contributed by atoms with van der Waals surface area (Å²) in [4.78, 5) is 0. The van der Waals surface area contributed by atoms with Crippen molar-refractivity contribution in [3.8, 4) is 0 Å². The van der Waals surface area contributed by atoms with E-state index in [1.165, 1.54) is 30.0 Å². The van der Waals surface area contributed by atoms with Crippen LogP contribution in [-0.2, 0) is 0 Å². The number of anilines is 1. The molecule has 2 nitrogen and oxygen atoms in total. The topological polar surface area (TPSA) is 24.1 Å². The first-order valence-corrected chi connectivity index (χ1v) is 7.21. The van der Waals surface area contributed by atoms with Crippen molar-refractivity contribution < 1.29 is 0 Å². The van der Waals surface area contributed by atoms with Gasteiger partial charge in [-0.15, -0.1) is 0 Å². The van der Waals surface area contributed by atoms with E-state index in [2.05, 4.69) is 46.7 Å². The van der Waals surface area contributed by atoms with Gasteiger partial charge in [-0.1, -0.05) is 18.2 Å². The van der Waals surface area contributed by atoms with Gasteiger partial charge in [-0.3, -0.25) is 0 Å². The standard InChI is InChI=1S/C13H20N2S/c1-2-5-12(6-3-1)14-8-9-15-13-7-4-10-16-11-13/h1-3,5-6,13-15H,4,7-11H2. The number of thioether (sulfide) groups is 1. The van der Waals surface area contributed by atoms with Crippen molar-refractivity contribution in [2.45, 2.75) is 18.9 Å². The summed E-state index contributed by atoms with van der Waals surface area (Å²) in [6.07, 6.45) is 2.72. The average molecular weight is 236 g/mol. The molecule has 0 saturated carbocycles. The molecule has 0 spiro atoms. The summed E-state index contributed by atoms with van der Waals surface area (Å²) in [7, 11) is 0. The Bertz CT molecular complexity index is 283. The van der Waals surface area contributed by atoms with E-state index in [1.807, 2.05) is 6.07 Å². The van der Waals surface area contributed by atoms with Gasteiger partial charge in [-0.25, -0.2) is 0 Å². The van der Waals surface area contributed by atoms with E-state index in [0.29, 0.717) is 0 Å². The van der Waals surface area contributed by atoms with Gasteiger partial charge in [0.1, 0.15) is 0 Å². The van der Waals surface area contributed by atoms with Crippen LogP contribution in [0, 0.1) is 0 Å². The van der Waals surface area contributed by atoms with Crippen LogP contribution in [0.5, 0.6) is 0 Å². The zero-order valence-corrected chi connectivity index (χ0v) is 10.4. The number of nitrogens with one attached hydrogen (secondary N) is 2. The number of hydrogen-bond donors (Lipinski definition) is 2. The minimum absolute atomic E-state index is 0.733. The maximum atomic E-state index is 3.61. The fourth-order valence-electron chi connectivity index (χ4n) is 1.94. The Morgan fingerprint density at radius 1 is 1.19 bits per heavy atom. The van der Waals surface area contributed by atoms with Crippen molar-refractivity contribution in [2.24, 2.45) is 0 Å². The molecule has 16 heavy (non-hydrogen) atoms. The van der Waals surface area contributed by atoms with Crippen molar-refractivity contribution in [3.05, 3.63) is 30.3 Å². The molecular formula is C13H20N2S. The zero-order chi connectivity index (χ0) is 11.1. The van der Waals surface area contributed by atoms with Crippen LogP contribution in [0.2, 0.25) is 0 Å². The molecule has 1 aliphatic heterocycles. The molecule has 0 aliphatic carbocycles. The quantitative estimate of drug-likeness (QED) is 0.768. The molecule has 2 rings (SSSR count). The molecule has 1 atom stereocenters. The lowest BCUT2D eigenvalue weighted by atomic mass is 10.2. The molecule has 1 aromatic carbocycles. The van der Waals surface area contributed by atoms with Gasteiger partial charge in [0.15, 0.2) is 0 Å². The molecule has 1 unspecified atom stereocenters. The molecule has 1 fully saturated rings. The summed E-state index contributed by atoms with van der Waals surface area (Å²) in [5.74, 6) is 2.63. The summed E-state index contributed by atoms with van der Waals surface area (Å²) in [5, 5.41) is 7.02. The van der Waals surface area contributed by atoms with Crippen LogP contribution in [-0.4, -0.2) is 30.6 Å². The molecule has 3 heteroatoms. The predicted octanol–water partition coefficient (Wildman–Crippen LogP) is 2.58. The van der Waals surface area contributed by atoms with Crippen LogP contribution in [0.15, 0.2) is 30.3 Å². The highest BCUT2D eigenvalue weighted by Crippen LogP contribution is 2.16. The first kappa shape index (κ1) is 11.8. The fraction of sp³-hybridized carbons (Fsp3) is 0.538. The van der Waals surface area contributed by atoms with E-state index < -0.39 is 0 Å². The Kier molecular flexibility index (Phi) is 5.03. The highest BCUT2D eigenvalue weighted by molar-refractivity contribution is 7.99. The van der Waals surface area contributed by atoms with Crippen LogP contribution in [0.4, 0.5) is 5.69 Å². The van der Waals surface area contributed by atoms with Crippen molar-refractivity contribution in [1.29, 1.82) is 0 Å². The third kappa shape index (κ3) is 4.06. The molecule has 1 heterocycles. The monoisotopic (exact) mass is 236 g/mol. The van der Waals surface area contributed by atoms with Crippen molar-refractivity contribution in [3.63, 3.8) is 0 Å². The first-order chi connectivity index (χ1) is 7.95. The normalized spacial score (nSPS) is 20.6. The Balaban J connectivity index is 1.58. The summed E-state index contributed by atoms with van der Waals surface area (Å²) < 4.78 is 0. The van der Waals surface area contributed by atoms with Gasteiger partial charge in [-0.2, -0.15) is 11.8 Å². The van der Waals surface area contributed by atoms with Crippen molar-refractivity contribution >= 4 is 17.4 Å². The van der Waals surface area contributed by atoms with Crippen molar-refractivity contribution in [1.82, 2.24) is 5.32 Å². The van der Waals surface area contributed by atoms with Crippen LogP contribution < -0.4 is 10.6 Å². The largest absolute Gasteiger partial charge is 0.384 e. The predicted molar refractivity (Wildman–Crippen MR) is 73.3 cm³/mol. The van der Waals surface area contributed by atoms with Gasteiger partial charge in [0.05, 0.1) is 0 Å². The molecule has 0 amide bonds. The SMILES string of the molecule is c1ccc(NCCNC2CCCSC2)cc1. The van der Waals surface area contributed by atoms with Crippen molar-refractivity contribution in [2.75, 3.05) is 29.9 Å². The molecule has 0 bridgehead atoms. The second-order valence-corrected chi connectivity index (χ2v) is 5.31. The highest BCUT2D eigenvalue weighted by atomic mass is 32.2. The van der Waals surface area contributed by atoms with Gasteiger partial charge in [0, 0.05) is 30.6 Å². The van der Waals surface area contributed by atoms with Gasteiger partial charge in [-0.05, 0) is 30.7 Å². The number of para-hydroxylation sites is 1. The fourth-order valence-corrected chi connectivity index (χ4v) is 3.05. The molecule has 2 N–H and O–H groups in total. The smallest absolute Gasteiger partial charge is 0.0340 e. The third-order valence-corrected chi connectivity index (χ3v) is 4.04. The molecule has 0 radical (unpaired) electrons. The minimum Gasteiger partial charge on any atom is -0.384 e. The average Bonchev–Trinajstić information content (AvgIpc) is 2.37. The summed E-state index contributed by atoms with van der Waals surface area (Å²) in [6, 6.07) is 11.1. The van der Waals surface area contributed by atoms with Gasteiger partial charge < -0.3 is 10.6 Å². The minimum atomic E-state index is 0.733. The van der Waals surface area contributed by atoms with E-state index in [0.717, 1.165) is 19.1 Å². The Morgan fingerprint density at radius 2 is 2.06 bits per heavy atom. The maximum Gasteiger partial charge on any atom is 0.0340 e. The summed E-state index contributed by atoms with van der Waals surface area (Å²) in [6.45, 7) is 2.06. The molecule has 1 aromatic rings. The number of benzene rings is 1. The Morgan fingerprint density at radius 3 is 2.81 bits per heavy atom. The van der Waals surface area contributed by atoms with Crippen LogP contribution >= 0.6 is 11.8 Å². The zero-order valence-electron chi connectivity index (χ0n) is 9.61. The molecular weight excluding hydrogens is 216 g/mol. The lowest BCUT2D eigenvalue weighted by Crippen LogP contribution is -2.36. The van der Waals surface area contributed by atoms with Gasteiger partial charge >= 0.3 is 0 Å². The van der Waals surface area contributed by atoms with Crippen LogP contribution in [0.25, 0.3) is 0 Å². The lowest BCUT2D eigenvalue weighted by molar-refractivity contribution is 0.518. The molecule has 88 valence electrons. The number of rotatable bonds is 5. The maximum absolute atomic E-state index is 3.61.